The summed E-state index contributed by atoms with van der Waals surface area (Å²) < 4.78 is 1.65. The number of aromatic nitrogens is 4. The van der Waals surface area contributed by atoms with Crippen LogP contribution in [-0.4, -0.2) is 32.4 Å². The van der Waals surface area contributed by atoms with Crippen LogP contribution in [0.4, 0.5) is 5.69 Å². The third-order valence-corrected chi connectivity index (χ3v) is 2.95. The van der Waals surface area contributed by atoms with Crippen molar-refractivity contribution >= 4 is 23.2 Å². The van der Waals surface area contributed by atoms with Crippen molar-refractivity contribution in [2.75, 3.05) is 11.4 Å². The molecule has 0 atom stereocenters. The highest BCUT2D eigenvalue weighted by molar-refractivity contribution is 6.33. The maximum Gasteiger partial charge on any atom is 0.263 e. The maximum absolute atomic E-state index is 12.4. The number of amides is 1. The van der Waals surface area contributed by atoms with E-state index in [0.29, 0.717) is 17.8 Å². The second kappa shape index (κ2) is 4.81. The van der Waals surface area contributed by atoms with Gasteiger partial charge in [-0.3, -0.25) is 14.6 Å². The van der Waals surface area contributed by atoms with Crippen LogP contribution in [0.2, 0.25) is 5.15 Å². The summed E-state index contributed by atoms with van der Waals surface area (Å²) in [6, 6.07) is 0. The molecule has 7 heteroatoms. The molecule has 1 amide bonds. The van der Waals surface area contributed by atoms with Crippen LogP contribution in [0.1, 0.15) is 23.0 Å². The summed E-state index contributed by atoms with van der Waals surface area (Å²) in [6.07, 6.45) is 3.43. The molecule has 0 aliphatic rings. The minimum Gasteiger partial charge on any atom is -0.305 e. The number of anilines is 1. The highest BCUT2D eigenvalue weighted by atomic mass is 35.5. The average Bonchev–Trinajstić information content (AvgIpc) is 2.87. The van der Waals surface area contributed by atoms with Crippen LogP contribution in [0.25, 0.3) is 0 Å². The molecule has 18 heavy (non-hydrogen) atoms. The lowest BCUT2D eigenvalue weighted by atomic mass is 10.2. The van der Waals surface area contributed by atoms with Crippen molar-refractivity contribution in [3.05, 3.63) is 28.8 Å². The molecule has 0 spiro atoms. The molecule has 0 unspecified atom stereocenters. The fourth-order valence-corrected chi connectivity index (χ4v) is 2.04. The van der Waals surface area contributed by atoms with Crippen molar-refractivity contribution in [3.8, 4) is 0 Å². The number of rotatable bonds is 3. The third-order valence-electron chi connectivity index (χ3n) is 2.68. The van der Waals surface area contributed by atoms with E-state index in [1.54, 1.807) is 35.9 Å². The predicted molar refractivity (Wildman–Crippen MR) is 68.9 cm³/mol. The molecule has 0 fully saturated rings. The number of carbonyl (C=O) groups excluding carboxylic acids is 1. The summed E-state index contributed by atoms with van der Waals surface area (Å²) in [5.41, 5.74) is 1.80. The Morgan fingerprint density at radius 1 is 1.61 bits per heavy atom. The van der Waals surface area contributed by atoms with Crippen molar-refractivity contribution in [1.82, 2.24) is 20.0 Å². The molecule has 1 N–H and O–H groups in total. The van der Waals surface area contributed by atoms with Crippen LogP contribution in [0.5, 0.6) is 0 Å². The molecule has 2 aromatic rings. The first-order chi connectivity index (χ1) is 8.54. The lowest BCUT2D eigenvalue weighted by Crippen LogP contribution is -2.30. The first-order valence-corrected chi connectivity index (χ1v) is 5.93. The van der Waals surface area contributed by atoms with Crippen LogP contribution in [0.15, 0.2) is 12.4 Å². The van der Waals surface area contributed by atoms with Crippen LogP contribution in [-0.2, 0) is 7.05 Å². The van der Waals surface area contributed by atoms with E-state index < -0.39 is 0 Å². The van der Waals surface area contributed by atoms with E-state index in [1.165, 1.54) is 0 Å². The summed E-state index contributed by atoms with van der Waals surface area (Å²) in [5, 5.41) is 10.8. The zero-order valence-electron chi connectivity index (χ0n) is 10.4. The zero-order valence-corrected chi connectivity index (χ0v) is 11.2. The van der Waals surface area contributed by atoms with Crippen molar-refractivity contribution in [3.63, 3.8) is 0 Å². The Bertz CT molecular complexity index is 554. The van der Waals surface area contributed by atoms with Gasteiger partial charge in [0.2, 0.25) is 0 Å². The Morgan fingerprint density at radius 3 is 2.78 bits per heavy atom. The quantitative estimate of drug-likeness (QED) is 0.922. The van der Waals surface area contributed by atoms with E-state index in [1.807, 2.05) is 6.92 Å². The SMILES string of the molecule is CCN(C(=O)c1c(Cl)n[nH]c1C)c1cnn(C)c1. The van der Waals surface area contributed by atoms with Gasteiger partial charge in [-0.05, 0) is 13.8 Å². The smallest absolute Gasteiger partial charge is 0.263 e. The summed E-state index contributed by atoms with van der Waals surface area (Å²) in [6.45, 7) is 4.20. The van der Waals surface area contributed by atoms with Crippen LogP contribution >= 0.6 is 11.6 Å². The van der Waals surface area contributed by atoms with Crippen LogP contribution in [0.3, 0.4) is 0 Å². The van der Waals surface area contributed by atoms with Gasteiger partial charge in [0.1, 0.15) is 0 Å². The predicted octanol–water partition coefficient (Wildman–Crippen LogP) is 1.77. The number of carbonyl (C=O) groups is 1. The van der Waals surface area contributed by atoms with Gasteiger partial charge >= 0.3 is 0 Å². The molecular formula is C11H14ClN5O. The topological polar surface area (TPSA) is 66.8 Å². The van der Waals surface area contributed by atoms with Gasteiger partial charge in [-0.1, -0.05) is 11.6 Å². The van der Waals surface area contributed by atoms with E-state index in [2.05, 4.69) is 15.3 Å². The Balaban J connectivity index is 2.37. The molecule has 0 aliphatic heterocycles. The standard InChI is InChI=1S/C11H14ClN5O/c1-4-17(8-5-13-16(3)6-8)11(18)9-7(2)14-15-10(9)12/h5-6H,4H2,1-3H3,(H,14,15). The molecule has 2 aromatic heterocycles. The van der Waals surface area contributed by atoms with Crippen molar-refractivity contribution in [2.45, 2.75) is 13.8 Å². The highest BCUT2D eigenvalue weighted by Gasteiger charge is 2.23. The number of hydrogen-bond acceptors (Lipinski definition) is 3. The highest BCUT2D eigenvalue weighted by Crippen LogP contribution is 2.22. The monoisotopic (exact) mass is 267 g/mol. The number of halogens is 1. The van der Waals surface area contributed by atoms with Gasteiger partial charge in [-0.2, -0.15) is 10.2 Å². The second-order valence-corrected chi connectivity index (χ2v) is 4.29. The first-order valence-electron chi connectivity index (χ1n) is 5.55. The lowest BCUT2D eigenvalue weighted by Gasteiger charge is -2.18. The normalized spacial score (nSPS) is 10.7. The van der Waals surface area contributed by atoms with Gasteiger partial charge in [0.25, 0.3) is 5.91 Å². The molecule has 0 saturated carbocycles. The van der Waals surface area contributed by atoms with E-state index in [0.717, 1.165) is 5.69 Å². The number of nitrogens with one attached hydrogen (secondary N) is 1. The molecule has 2 heterocycles. The summed E-state index contributed by atoms with van der Waals surface area (Å²) in [7, 11) is 1.80. The fraction of sp³-hybridized carbons (Fsp3) is 0.364. The molecule has 0 aliphatic carbocycles. The first kappa shape index (κ1) is 12.6. The molecule has 96 valence electrons. The van der Waals surface area contributed by atoms with E-state index in [9.17, 15) is 4.79 Å². The number of hydrogen-bond donors (Lipinski definition) is 1. The molecule has 0 bridgehead atoms. The van der Waals surface area contributed by atoms with Crippen molar-refractivity contribution in [1.29, 1.82) is 0 Å². The average molecular weight is 268 g/mol. The van der Waals surface area contributed by atoms with E-state index in [4.69, 9.17) is 11.6 Å². The minimum absolute atomic E-state index is 0.179. The van der Waals surface area contributed by atoms with Gasteiger partial charge in [-0.15, -0.1) is 0 Å². The van der Waals surface area contributed by atoms with Gasteiger partial charge < -0.3 is 4.90 Å². The number of H-pyrrole nitrogens is 1. The van der Waals surface area contributed by atoms with Crippen molar-refractivity contribution < 1.29 is 4.79 Å². The van der Waals surface area contributed by atoms with Gasteiger partial charge in [0, 0.05) is 25.5 Å². The van der Waals surface area contributed by atoms with Gasteiger partial charge in [-0.25, -0.2) is 0 Å². The molecule has 0 radical (unpaired) electrons. The third kappa shape index (κ3) is 2.11. The van der Waals surface area contributed by atoms with E-state index >= 15 is 0 Å². The summed E-state index contributed by atoms with van der Waals surface area (Å²) in [4.78, 5) is 14.0. The number of nitrogens with zero attached hydrogens (tertiary/aromatic N) is 4. The number of aryl methyl sites for hydroxylation is 2. The lowest BCUT2D eigenvalue weighted by molar-refractivity contribution is 0.0988. The van der Waals surface area contributed by atoms with Crippen molar-refractivity contribution in [2.24, 2.45) is 7.05 Å². The Hall–Kier alpha value is -1.82. The minimum atomic E-state index is -0.179. The van der Waals surface area contributed by atoms with Crippen LogP contribution in [0, 0.1) is 6.92 Å². The van der Waals surface area contributed by atoms with E-state index in [-0.39, 0.29) is 11.1 Å². The number of aromatic amines is 1. The Labute approximate surface area is 110 Å². The molecule has 0 saturated heterocycles. The zero-order chi connectivity index (χ0) is 13.3. The van der Waals surface area contributed by atoms with Gasteiger partial charge in [0.15, 0.2) is 5.15 Å². The fourth-order valence-electron chi connectivity index (χ4n) is 1.77. The largest absolute Gasteiger partial charge is 0.305 e. The summed E-state index contributed by atoms with van der Waals surface area (Å²) >= 11 is 5.92. The molecular weight excluding hydrogens is 254 g/mol. The Morgan fingerprint density at radius 2 is 2.33 bits per heavy atom. The van der Waals surface area contributed by atoms with Gasteiger partial charge in [0.05, 0.1) is 17.4 Å². The second-order valence-electron chi connectivity index (χ2n) is 3.94. The Kier molecular flexibility index (Phi) is 3.38. The molecule has 2 rings (SSSR count). The summed E-state index contributed by atoms with van der Waals surface area (Å²) in [5.74, 6) is -0.179. The molecule has 6 nitrogen and oxygen atoms in total. The van der Waals surface area contributed by atoms with Crippen LogP contribution < -0.4 is 4.90 Å². The molecule has 0 aromatic carbocycles. The maximum atomic E-state index is 12.4.